The lowest BCUT2D eigenvalue weighted by Gasteiger charge is -2.13. The van der Waals surface area contributed by atoms with Gasteiger partial charge in [-0.05, 0) is 59.1 Å². The minimum atomic E-state index is -3.77. The number of rotatable bonds is 6. The normalized spacial score (nSPS) is 18.0. The molecule has 2 N–H and O–H groups in total. The number of ether oxygens (including phenoxy) is 3. The zero-order valence-electron chi connectivity index (χ0n) is 15.3. The van der Waals surface area contributed by atoms with Gasteiger partial charge in [0, 0.05) is 29.4 Å². The first kappa shape index (κ1) is 20.1. The van der Waals surface area contributed by atoms with Crippen molar-refractivity contribution in [3.8, 4) is 11.5 Å². The Hall–Kier alpha value is -2.14. The molecule has 2 heterocycles. The Kier molecular flexibility index (Phi) is 5.77. The van der Waals surface area contributed by atoms with Gasteiger partial charge in [-0.3, -0.25) is 4.79 Å². The smallest absolute Gasteiger partial charge is 0.256 e. The van der Waals surface area contributed by atoms with E-state index in [4.69, 9.17) is 14.2 Å². The van der Waals surface area contributed by atoms with Gasteiger partial charge >= 0.3 is 0 Å². The van der Waals surface area contributed by atoms with Gasteiger partial charge in [0.1, 0.15) is 0 Å². The molecule has 29 heavy (non-hydrogen) atoms. The molecule has 1 atom stereocenters. The fourth-order valence-corrected chi connectivity index (χ4v) is 4.63. The molecule has 154 valence electrons. The number of nitrogens with one attached hydrogen (secondary N) is 2. The van der Waals surface area contributed by atoms with Crippen LogP contribution in [-0.4, -0.2) is 40.4 Å². The minimum Gasteiger partial charge on any atom is -0.454 e. The molecule has 0 bridgehead atoms. The summed E-state index contributed by atoms with van der Waals surface area (Å²) in [6, 6.07) is 9.35. The molecule has 8 nitrogen and oxygen atoms in total. The van der Waals surface area contributed by atoms with Crippen LogP contribution >= 0.6 is 15.9 Å². The summed E-state index contributed by atoms with van der Waals surface area (Å²) in [5.41, 5.74) is 0.707. The topological polar surface area (TPSA) is 103 Å². The highest BCUT2D eigenvalue weighted by Gasteiger charge is 2.22. The van der Waals surface area contributed by atoms with Crippen molar-refractivity contribution in [2.75, 3.05) is 25.3 Å². The van der Waals surface area contributed by atoms with Gasteiger partial charge in [-0.1, -0.05) is 0 Å². The molecule has 2 aromatic rings. The van der Waals surface area contributed by atoms with Gasteiger partial charge in [-0.15, -0.1) is 0 Å². The Balaban J connectivity index is 1.50. The molecule has 0 spiro atoms. The van der Waals surface area contributed by atoms with Gasteiger partial charge in [0.15, 0.2) is 11.5 Å². The van der Waals surface area contributed by atoms with E-state index in [1.165, 1.54) is 18.2 Å². The summed E-state index contributed by atoms with van der Waals surface area (Å²) < 4.78 is 44.3. The van der Waals surface area contributed by atoms with Crippen molar-refractivity contribution in [1.82, 2.24) is 4.72 Å². The third-order valence-electron chi connectivity index (χ3n) is 4.65. The molecule has 2 aliphatic heterocycles. The molecule has 1 saturated heterocycles. The van der Waals surface area contributed by atoms with Gasteiger partial charge < -0.3 is 19.5 Å². The number of anilines is 1. The molecule has 1 unspecified atom stereocenters. The monoisotopic (exact) mass is 482 g/mol. The molecule has 0 radical (unpaired) electrons. The van der Waals surface area contributed by atoms with E-state index < -0.39 is 15.9 Å². The highest BCUT2D eigenvalue weighted by Crippen LogP contribution is 2.34. The highest BCUT2D eigenvalue weighted by molar-refractivity contribution is 9.10. The van der Waals surface area contributed by atoms with Gasteiger partial charge in [-0.2, -0.15) is 0 Å². The lowest BCUT2D eigenvalue weighted by atomic mass is 10.2. The van der Waals surface area contributed by atoms with E-state index in [1.54, 1.807) is 18.2 Å². The number of carbonyl (C=O) groups is 1. The maximum Gasteiger partial charge on any atom is 0.256 e. The molecule has 0 saturated carbocycles. The Morgan fingerprint density at radius 1 is 1.14 bits per heavy atom. The Bertz CT molecular complexity index is 1040. The summed E-state index contributed by atoms with van der Waals surface area (Å²) in [7, 11) is -3.77. The lowest BCUT2D eigenvalue weighted by molar-refractivity contribution is 0.102. The standard InChI is InChI=1S/C19H19BrN2O6S/c20-16-5-4-14(29(24,25)21-10-13-2-1-7-26-13)9-15(16)19(23)22-12-3-6-17-18(8-12)28-11-27-17/h3-6,8-9,13,21H,1-2,7,10-11H2,(H,22,23). The largest absolute Gasteiger partial charge is 0.454 e. The second kappa shape index (κ2) is 8.31. The van der Waals surface area contributed by atoms with Crippen LogP contribution in [0.15, 0.2) is 45.8 Å². The maximum atomic E-state index is 12.7. The lowest BCUT2D eigenvalue weighted by Crippen LogP contribution is -2.32. The van der Waals surface area contributed by atoms with E-state index in [0.29, 0.717) is 28.3 Å². The van der Waals surface area contributed by atoms with Crippen molar-refractivity contribution < 1.29 is 27.4 Å². The molecule has 0 aliphatic carbocycles. The van der Waals surface area contributed by atoms with Crippen molar-refractivity contribution in [1.29, 1.82) is 0 Å². The minimum absolute atomic E-state index is 0.00883. The average Bonchev–Trinajstić information content (AvgIpc) is 3.38. The third-order valence-corrected chi connectivity index (χ3v) is 6.76. The fourth-order valence-electron chi connectivity index (χ4n) is 3.11. The third kappa shape index (κ3) is 4.55. The number of hydrogen-bond donors (Lipinski definition) is 2. The van der Waals surface area contributed by atoms with Gasteiger partial charge in [0.05, 0.1) is 16.6 Å². The first-order valence-corrected chi connectivity index (χ1v) is 11.3. The van der Waals surface area contributed by atoms with Gasteiger partial charge in [0.25, 0.3) is 5.91 Å². The van der Waals surface area contributed by atoms with Crippen molar-refractivity contribution in [2.45, 2.75) is 23.8 Å². The number of benzene rings is 2. The number of fused-ring (bicyclic) bond motifs is 1. The molecule has 4 rings (SSSR count). The van der Waals surface area contributed by atoms with E-state index in [9.17, 15) is 13.2 Å². The van der Waals surface area contributed by atoms with Crippen LogP contribution < -0.4 is 19.5 Å². The van der Waals surface area contributed by atoms with Gasteiger partial charge in [0.2, 0.25) is 16.8 Å². The summed E-state index contributed by atoms with van der Waals surface area (Å²) in [4.78, 5) is 12.7. The highest BCUT2D eigenvalue weighted by atomic mass is 79.9. The van der Waals surface area contributed by atoms with Crippen LogP contribution in [0.4, 0.5) is 5.69 Å². The number of carbonyl (C=O) groups excluding carboxylic acids is 1. The van der Waals surface area contributed by atoms with E-state index in [0.717, 1.165) is 12.8 Å². The summed E-state index contributed by atoms with van der Waals surface area (Å²) >= 11 is 3.31. The molecule has 2 aromatic carbocycles. The zero-order chi connectivity index (χ0) is 20.4. The Morgan fingerprint density at radius 3 is 2.76 bits per heavy atom. The van der Waals surface area contributed by atoms with E-state index >= 15 is 0 Å². The Morgan fingerprint density at radius 2 is 1.97 bits per heavy atom. The molecule has 1 amide bonds. The SMILES string of the molecule is O=C(Nc1ccc2c(c1)OCO2)c1cc(S(=O)(=O)NCC2CCCO2)ccc1Br. The fraction of sp³-hybridized carbons (Fsp3) is 0.316. The van der Waals surface area contributed by atoms with Crippen molar-refractivity contribution in [2.24, 2.45) is 0 Å². The maximum absolute atomic E-state index is 12.7. The van der Waals surface area contributed by atoms with Crippen molar-refractivity contribution >= 4 is 37.5 Å². The van der Waals surface area contributed by atoms with E-state index in [2.05, 4.69) is 26.0 Å². The van der Waals surface area contributed by atoms with E-state index in [1.807, 2.05) is 0 Å². The van der Waals surface area contributed by atoms with Crippen LogP contribution in [0, 0.1) is 0 Å². The first-order chi connectivity index (χ1) is 13.9. The first-order valence-electron chi connectivity index (χ1n) is 9.04. The second-order valence-electron chi connectivity index (χ2n) is 6.65. The molecule has 0 aromatic heterocycles. The number of amides is 1. The second-order valence-corrected chi connectivity index (χ2v) is 9.27. The summed E-state index contributed by atoms with van der Waals surface area (Å²) in [6.45, 7) is 0.989. The summed E-state index contributed by atoms with van der Waals surface area (Å²) in [5, 5.41) is 2.74. The Labute approximate surface area is 176 Å². The number of hydrogen-bond acceptors (Lipinski definition) is 6. The van der Waals surface area contributed by atoms with Crippen LogP contribution in [0.5, 0.6) is 11.5 Å². The summed E-state index contributed by atoms with van der Waals surface area (Å²) in [5.74, 6) is 0.693. The molecule has 10 heteroatoms. The van der Waals surface area contributed by atoms with Crippen molar-refractivity contribution in [3.63, 3.8) is 0 Å². The molecule has 2 aliphatic rings. The quantitative estimate of drug-likeness (QED) is 0.655. The molecule has 1 fully saturated rings. The zero-order valence-corrected chi connectivity index (χ0v) is 17.7. The van der Waals surface area contributed by atoms with Crippen LogP contribution in [0.25, 0.3) is 0 Å². The van der Waals surface area contributed by atoms with Crippen molar-refractivity contribution in [3.05, 3.63) is 46.4 Å². The molecular formula is C19H19BrN2O6S. The predicted octanol–water partition coefficient (Wildman–Crippen LogP) is 2.89. The average molecular weight is 483 g/mol. The van der Waals surface area contributed by atoms with Crippen LogP contribution in [0.2, 0.25) is 0 Å². The van der Waals surface area contributed by atoms with Crippen LogP contribution in [0.3, 0.4) is 0 Å². The molecular weight excluding hydrogens is 464 g/mol. The van der Waals surface area contributed by atoms with Crippen LogP contribution in [-0.2, 0) is 14.8 Å². The predicted molar refractivity (Wildman–Crippen MR) is 109 cm³/mol. The number of sulfonamides is 1. The van der Waals surface area contributed by atoms with E-state index in [-0.39, 0.29) is 29.9 Å². The number of halogens is 1. The van der Waals surface area contributed by atoms with Gasteiger partial charge in [-0.25, -0.2) is 13.1 Å². The van der Waals surface area contributed by atoms with Crippen LogP contribution in [0.1, 0.15) is 23.2 Å². The summed E-state index contributed by atoms with van der Waals surface area (Å²) in [6.07, 6.45) is 1.63.